The number of amides is 1. The lowest BCUT2D eigenvalue weighted by Gasteiger charge is -1.99. The lowest BCUT2D eigenvalue weighted by molar-refractivity contribution is 0.0443. The normalized spacial score (nSPS) is 13.5. The molecule has 0 spiro atoms. The second-order valence-corrected chi connectivity index (χ2v) is 3.87. The van der Waals surface area contributed by atoms with E-state index >= 15 is 0 Å². The standard InChI is InChI=1S/C9H5NO6S/c11-7(10-17(14)15)4-1-2-5-6(3-4)9(13)16-8(5)12/h1-3,17H,(H,10,11,14,15). The third kappa shape index (κ3) is 2.02. The molecule has 7 nitrogen and oxygen atoms in total. The van der Waals surface area contributed by atoms with Gasteiger partial charge in [0.25, 0.3) is 5.91 Å². The fraction of sp³-hybridized carbons (Fsp3) is 0. The summed E-state index contributed by atoms with van der Waals surface area (Å²) in [6.45, 7) is 0. The van der Waals surface area contributed by atoms with E-state index in [-0.39, 0.29) is 16.7 Å². The monoisotopic (exact) mass is 255 g/mol. The number of cyclic esters (lactones) is 2. The molecule has 1 aromatic rings. The average molecular weight is 255 g/mol. The van der Waals surface area contributed by atoms with E-state index in [4.69, 9.17) is 0 Å². The van der Waals surface area contributed by atoms with Crippen LogP contribution in [0.2, 0.25) is 0 Å². The molecule has 0 unspecified atom stereocenters. The van der Waals surface area contributed by atoms with Crippen LogP contribution >= 0.6 is 0 Å². The molecule has 0 fully saturated rings. The summed E-state index contributed by atoms with van der Waals surface area (Å²) in [6.07, 6.45) is 0. The minimum atomic E-state index is -3.07. The van der Waals surface area contributed by atoms with Crippen molar-refractivity contribution in [2.75, 3.05) is 0 Å². The first kappa shape index (κ1) is 11.3. The zero-order valence-electron chi connectivity index (χ0n) is 8.13. The number of fused-ring (bicyclic) bond motifs is 1. The molecular formula is C9H5NO6S. The maximum absolute atomic E-state index is 11.3. The average Bonchev–Trinajstić information content (AvgIpc) is 2.53. The molecule has 8 heteroatoms. The van der Waals surface area contributed by atoms with E-state index in [0.29, 0.717) is 0 Å². The molecule has 88 valence electrons. The molecule has 0 aromatic heterocycles. The molecule has 1 amide bonds. The van der Waals surface area contributed by atoms with Gasteiger partial charge in [0.1, 0.15) is 0 Å². The van der Waals surface area contributed by atoms with Crippen molar-refractivity contribution in [3.8, 4) is 0 Å². The SMILES string of the molecule is O=C(N[SH](=O)=O)c1ccc2c(c1)C(=O)OC2=O. The Morgan fingerprint density at radius 3 is 2.41 bits per heavy atom. The molecule has 2 rings (SSSR count). The van der Waals surface area contributed by atoms with Crippen LogP contribution in [0.4, 0.5) is 0 Å². The minimum absolute atomic E-state index is 0.0467. The van der Waals surface area contributed by atoms with E-state index in [1.165, 1.54) is 12.1 Å². The van der Waals surface area contributed by atoms with E-state index < -0.39 is 28.7 Å². The number of nitrogens with one attached hydrogen (secondary N) is 1. The van der Waals surface area contributed by atoms with Gasteiger partial charge in [-0.15, -0.1) is 0 Å². The van der Waals surface area contributed by atoms with E-state index in [1.807, 2.05) is 0 Å². The predicted octanol–water partition coefficient (Wildman–Crippen LogP) is -0.747. The summed E-state index contributed by atoms with van der Waals surface area (Å²) in [4.78, 5) is 33.6. The van der Waals surface area contributed by atoms with Crippen molar-refractivity contribution in [3.63, 3.8) is 0 Å². The van der Waals surface area contributed by atoms with Crippen molar-refractivity contribution < 1.29 is 27.5 Å². The Morgan fingerprint density at radius 1 is 1.12 bits per heavy atom. The summed E-state index contributed by atoms with van der Waals surface area (Å²) in [5.74, 6) is -2.52. The van der Waals surface area contributed by atoms with Crippen LogP contribution in [0.5, 0.6) is 0 Å². The maximum atomic E-state index is 11.3. The molecule has 1 N–H and O–H groups in total. The van der Waals surface area contributed by atoms with Gasteiger partial charge in [0.15, 0.2) is 0 Å². The van der Waals surface area contributed by atoms with Crippen molar-refractivity contribution >= 4 is 28.7 Å². The zero-order valence-corrected chi connectivity index (χ0v) is 9.02. The second-order valence-electron chi connectivity index (χ2n) is 3.14. The minimum Gasteiger partial charge on any atom is -0.386 e. The van der Waals surface area contributed by atoms with Gasteiger partial charge in [0.2, 0.25) is 10.9 Å². The Morgan fingerprint density at radius 2 is 1.76 bits per heavy atom. The van der Waals surface area contributed by atoms with Gasteiger partial charge in [-0.05, 0) is 18.2 Å². The van der Waals surface area contributed by atoms with Gasteiger partial charge in [0.05, 0.1) is 11.1 Å². The highest BCUT2D eigenvalue weighted by Crippen LogP contribution is 2.21. The fourth-order valence-corrected chi connectivity index (χ4v) is 1.67. The summed E-state index contributed by atoms with van der Waals surface area (Å²) in [5, 5.41) is 0. The first-order valence-corrected chi connectivity index (χ1v) is 5.52. The first-order chi connectivity index (χ1) is 7.99. The van der Waals surface area contributed by atoms with Crippen LogP contribution in [-0.4, -0.2) is 26.3 Å². The molecule has 0 atom stereocenters. The van der Waals surface area contributed by atoms with Crippen molar-refractivity contribution in [1.82, 2.24) is 4.72 Å². The quantitative estimate of drug-likeness (QED) is 0.409. The Labute approximate surface area is 96.5 Å². The summed E-state index contributed by atoms with van der Waals surface area (Å²) < 4.78 is 26.6. The van der Waals surface area contributed by atoms with E-state index in [0.717, 1.165) is 6.07 Å². The van der Waals surface area contributed by atoms with Crippen LogP contribution in [0.1, 0.15) is 31.1 Å². The summed E-state index contributed by atoms with van der Waals surface area (Å²) in [6, 6.07) is 3.57. The molecular weight excluding hydrogens is 250 g/mol. The highest BCUT2D eigenvalue weighted by Gasteiger charge is 2.30. The number of thiol groups is 1. The van der Waals surface area contributed by atoms with Crippen LogP contribution in [0, 0.1) is 0 Å². The smallest absolute Gasteiger partial charge is 0.346 e. The number of rotatable bonds is 2. The lowest BCUT2D eigenvalue weighted by atomic mass is 10.1. The Kier molecular flexibility index (Phi) is 2.64. The molecule has 0 saturated carbocycles. The number of carbonyl (C=O) groups excluding carboxylic acids is 3. The predicted molar refractivity (Wildman–Crippen MR) is 54.0 cm³/mol. The zero-order chi connectivity index (χ0) is 12.6. The third-order valence-corrected chi connectivity index (χ3v) is 2.49. The van der Waals surface area contributed by atoms with Crippen molar-refractivity contribution in [1.29, 1.82) is 0 Å². The largest absolute Gasteiger partial charge is 0.386 e. The number of benzene rings is 1. The summed E-state index contributed by atoms with van der Waals surface area (Å²) >= 11 is 0. The molecule has 0 radical (unpaired) electrons. The van der Waals surface area contributed by atoms with E-state index in [1.54, 1.807) is 4.72 Å². The molecule has 1 aromatic carbocycles. The summed E-state index contributed by atoms with van der Waals surface area (Å²) in [5.41, 5.74) is -0.0450. The van der Waals surface area contributed by atoms with Gasteiger partial charge >= 0.3 is 11.9 Å². The van der Waals surface area contributed by atoms with Crippen LogP contribution in [0.25, 0.3) is 0 Å². The number of carbonyl (C=O) groups is 3. The highest BCUT2D eigenvalue weighted by molar-refractivity contribution is 7.71. The van der Waals surface area contributed by atoms with Crippen LogP contribution in [0.15, 0.2) is 18.2 Å². The van der Waals surface area contributed by atoms with Crippen LogP contribution in [-0.2, 0) is 15.6 Å². The summed E-state index contributed by atoms with van der Waals surface area (Å²) in [7, 11) is -3.07. The van der Waals surface area contributed by atoms with Gasteiger partial charge in [-0.3, -0.25) is 9.52 Å². The lowest BCUT2D eigenvalue weighted by Crippen LogP contribution is -2.21. The molecule has 0 aliphatic carbocycles. The first-order valence-electron chi connectivity index (χ1n) is 4.35. The highest BCUT2D eigenvalue weighted by atomic mass is 32.2. The van der Waals surface area contributed by atoms with Gasteiger partial charge in [0, 0.05) is 5.56 Å². The van der Waals surface area contributed by atoms with Crippen molar-refractivity contribution in [3.05, 3.63) is 34.9 Å². The van der Waals surface area contributed by atoms with Gasteiger partial charge in [-0.25, -0.2) is 18.0 Å². The second kappa shape index (κ2) is 3.98. The van der Waals surface area contributed by atoms with E-state index in [2.05, 4.69) is 4.74 Å². The molecule has 1 aliphatic rings. The molecule has 17 heavy (non-hydrogen) atoms. The van der Waals surface area contributed by atoms with Crippen LogP contribution < -0.4 is 4.72 Å². The third-order valence-electron chi connectivity index (χ3n) is 2.10. The fourth-order valence-electron chi connectivity index (χ4n) is 1.37. The van der Waals surface area contributed by atoms with Gasteiger partial charge in [-0.2, -0.15) is 0 Å². The molecule has 0 bridgehead atoms. The van der Waals surface area contributed by atoms with Gasteiger partial charge in [-0.1, -0.05) is 0 Å². The number of hydrogen-bond donors (Lipinski definition) is 2. The topological polar surface area (TPSA) is 107 Å². The number of hydrogen-bond acceptors (Lipinski definition) is 6. The molecule has 1 heterocycles. The van der Waals surface area contributed by atoms with Crippen LogP contribution in [0.3, 0.4) is 0 Å². The number of ether oxygens (including phenoxy) is 1. The maximum Gasteiger partial charge on any atom is 0.346 e. The van der Waals surface area contributed by atoms with Crippen molar-refractivity contribution in [2.45, 2.75) is 0 Å². The van der Waals surface area contributed by atoms with Gasteiger partial charge < -0.3 is 4.74 Å². The number of esters is 2. The molecule has 1 aliphatic heterocycles. The molecule has 0 saturated heterocycles. The Balaban J connectivity index is 2.41. The Bertz CT molecular complexity index is 610. The Hall–Kier alpha value is -2.22. The van der Waals surface area contributed by atoms with E-state index in [9.17, 15) is 22.8 Å². The van der Waals surface area contributed by atoms with Crippen molar-refractivity contribution in [2.24, 2.45) is 0 Å².